The van der Waals surface area contributed by atoms with Crippen LogP contribution in [0.2, 0.25) is 0 Å². The first-order chi connectivity index (χ1) is 4.27. The lowest BCUT2D eigenvalue weighted by molar-refractivity contribution is 0.00251. The molecule has 0 aromatic heterocycles. The molecule has 1 saturated carbocycles. The third kappa shape index (κ3) is 0.689. The summed E-state index contributed by atoms with van der Waals surface area (Å²) in [6.07, 6.45) is 1.31. The predicted octanol–water partition coefficient (Wildman–Crippen LogP) is -0.861. The summed E-state index contributed by atoms with van der Waals surface area (Å²) in [6, 6.07) is 0.463. The van der Waals surface area contributed by atoms with Crippen LogP contribution in [0.4, 0.5) is 0 Å². The molecule has 2 atom stereocenters. The maximum Gasteiger partial charge on any atom is 0.0172 e. The van der Waals surface area contributed by atoms with E-state index in [9.17, 15) is 0 Å². The summed E-state index contributed by atoms with van der Waals surface area (Å²) in [7, 11) is 0. The van der Waals surface area contributed by atoms with Gasteiger partial charge in [0, 0.05) is 19.1 Å². The van der Waals surface area contributed by atoms with Gasteiger partial charge in [0.2, 0.25) is 0 Å². The highest BCUT2D eigenvalue weighted by Crippen LogP contribution is 2.37. The monoisotopic (exact) mass is 127 g/mol. The molecule has 0 spiro atoms. The fraction of sp³-hybridized carbons (Fsp3) is 1.00. The SMILES string of the molecule is NC1C2CC1CN(N)C2. The normalized spacial score (nSPS) is 50.7. The van der Waals surface area contributed by atoms with E-state index in [0.29, 0.717) is 17.9 Å². The summed E-state index contributed by atoms with van der Waals surface area (Å²) >= 11 is 0. The minimum Gasteiger partial charge on any atom is -0.327 e. The molecule has 52 valence electrons. The van der Waals surface area contributed by atoms with Gasteiger partial charge in [-0.3, -0.25) is 5.84 Å². The molecule has 3 aliphatic rings. The standard InChI is InChI=1S/C6H13N3/c7-6-4-1-5(6)3-9(8)2-4/h4-6H,1-3,7-8H2. The molecular formula is C6H13N3. The van der Waals surface area contributed by atoms with Crippen LogP contribution >= 0.6 is 0 Å². The summed E-state index contributed by atoms with van der Waals surface area (Å²) < 4.78 is 0. The lowest BCUT2D eigenvalue weighted by Crippen LogP contribution is -2.63. The van der Waals surface area contributed by atoms with E-state index in [1.807, 2.05) is 5.01 Å². The van der Waals surface area contributed by atoms with Gasteiger partial charge in [-0.05, 0) is 18.3 Å². The Morgan fingerprint density at radius 2 is 1.78 bits per heavy atom. The van der Waals surface area contributed by atoms with Crippen molar-refractivity contribution in [1.29, 1.82) is 0 Å². The number of hydrogen-bond acceptors (Lipinski definition) is 3. The molecule has 2 saturated heterocycles. The van der Waals surface area contributed by atoms with Crippen molar-refractivity contribution in [2.45, 2.75) is 12.5 Å². The molecule has 0 aromatic rings. The summed E-state index contributed by atoms with van der Waals surface area (Å²) in [5.41, 5.74) is 5.81. The van der Waals surface area contributed by atoms with Gasteiger partial charge in [0.1, 0.15) is 0 Å². The van der Waals surface area contributed by atoms with Crippen molar-refractivity contribution in [1.82, 2.24) is 5.01 Å². The van der Waals surface area contributed by atoms with Gasteiger partial charge in [0.15, 0.2) is 0 Å². The van der Waals surface area contributed by atoms with E-state index < -0.39 is 0 Å². The Morgan fingerprint density at radius 1 is 1.22 bits per heavy atom. The molecule has 3 nitrogen and oxygen atoms in total. The molecule has 2 heterocycles. The maximum atomic E-state index is 5.81. The molecule has 0 radical (unpaired) electrons. The second-order valence-corrected chi connectivity index (χ2v) is 3.29. The summed E-state index contributed by atoms with van der Waals surface area (Å²) in [4.78, 5) is 0. The zero-order valence-corrected chi connectivity index (χ0v) is 5.46. The zero-order valence-electron chi connectivity index (χ0n) is 5.46. The Balaban J connectivity index is 2.01. The number of hydrogen-bond donors (Lipinski definition) is 2. The molecule has 3 fully saturated rings. The highest BCUT2D eigenvalue weighted by Gasteiger charge is 2.43. The van der Waals surface area contributed by atoms with Crippen molar-refractivity contribution in [3.05, 3.63) is 0 Å². The van der Waals surface area contributed by atoms with Crippen LogP contribution in [-0.4, -0.2) is 24.1 Å². The minimum absolute atomic E-state index is 0.463. The van der Waals surface area contributed by atoms with Crippen molar-refractivity contribution >= 4 is 0 Å². The van der Waals surface area contributed by atoms with Crippen molar-refractivity contribution in [2.24, 2.45) is 23.4 Å². The van der Waals surface area contributed by atoms with Gasteiger partial charge in [0.05, 0.1) is 0 Å². The highest BCUT2D eigenvalue weighted by molar-refractivity contribution is 4.98. The van der Waals surface area contributed by atoms with Crippen LogP contribution in [0, 0.1) is 11.8 Å². The van der Waals surface area contributed by atoms with Crippen molar-refractivity contribution in [3.8, 4) is 0 Å². The first-order valence-electron chi connectivity index (χ1n) is 3.52. The van der Waals surface area contributed by atoms with Gasteiger partial charge in [-0.2, -0.15) is 0 Å². The lowest BCUT2D eigenvalue weighted by Gasteiger charge is -2.50. The van der Waals surface area contributed by atoms with E-state index in [-0.39, 0.29) is 0 Å². The fourth-order valence-corrected chi connectivity index (χ4v) is 1.96. The van der Waals surface area contributed by atoms with Crippen molar-refractivity contribution in [2.75, 3.05) is 13.1 Å². The molecule has 2 bridgehead atoms. The fourth-order valence-electron chi connectivity index (χ4n) is 1.96. The largest absolute Gasteiger partial charge is 0.327 e. The summed E-state index contributed by atoms with van der Waals surface area (Å²) in [5, 5.41) is 1.89. The van der Waals surface area contributed by atoms with E-state index in [1.54, 1.807) is 0 Å². The van der Waals surface area contributed by atoms with Crippen LogP contribution < -0.4 is 11.6 Å². The third-order valence-electron chi connectivity index (χ3n) is 2.63. The molecule has 2 unspecified atom stereocenters. The molecule has 2 aliphatic heterocycles. The zero-order chi connectivity index (χ0) is 6.43. The molecule has 0 amide bonds. The molecule has 4 N–H and O–H groups in total. The Labute approximate surface area is 55.0 Å². The van der Waals surface area contributed by atoms with Crippen LogP contribution in [0.25, 0.3) is 0 Å². The second kappa shape index (κ2) is 1.68. The van der Waals surface area contributed by atoms with Crippen molar-refractivity contribution < 1.29 is 0 Å². The summed E-state index contributed by atoms with van der Waals surface area (Å²) in [5.74, 6) is 7.00. The van der Waals surface area contributed by atoms with Gasteiger partial charge in [-0.15, -0.1) is 0 Å². The number of nitrogens with zero attached hydrogens (tertiary/aromatic N) is 1. The van der Waals surface area contributed by atoms with Crippen LogP contribution in [-0.2, 0) is 0 Å². The minimum atomic E-state index is 0.463. The van der Waals surface area contributed by atoms with Crippen molar-refractivity contribution in [3.63, 3.8) is 0 Å². The number of nitrogens with two attached hydrogens (primary N) is 2. The number of fused-ring (bicyclic) bond motifs is 2. The first-order valence-corrected chi connectivity index (χ1v) is 3.52. The summed E-state index contributed by atoms with van der Waals surface area (Å²) in [6.45, 7) is 2.02. The number of hydrazine groups is 1. The van der Waals surface area contributed by atoms with Crippen LogP contribution in [0.3, 0.4) is 0 Å². The van der Waals surface area contributed by atoms with Gasteiger partial charge < -0.3 is 5.73 Å². The quantitative estimate of drug-likeness (QED) is 0.416. The van der Waals surface area contributed by atoms with E-state index in [2.05, 4.69) is 0 Å². The highest BCUT2D eigenvalue weighted by atomic mass is 15.4. The molecular weight excluding hydrogens is 114 g/mol. The average molecular weight is 127 g/mol. The van der Waals surface area contributed by atoms with E-state index in [0.717, 1.165) is 13.1 Å². The van der Waals surface area contributed by atoms with Gasteiger partial charge >= 0.3 is 0 Å². The molecule has 0 aromatic carbocycles. The topological polar surface area (TPSA) is 55.3 Å². The Kier molecular flexibility index (Phi) is 1.06. The number of rotatable bonds is 0. The van der Waals surface area contributed by atoms with E-state index in [1.165, 1.54) is 6.42 Å². The van der Waals surface area contributed by atoms with Gasteiger partial charge in [-0.25, -0.2) is 5.01 Å². The lowest BCUT2D eigenvalue weighted by atomic mass is 9.67. The first kappa shape index (κ1) is 5.65. The molecule has 3 rings (SSSR count). The predicted molar refractivity (Wildman–Crippen MR) is 35.3 cm³/mol. The Morgan fingerprint density at radius 3 is 2.11 bits per heavy atom. The van der Waals surface area contributed by atoms with Gasteiger partial charge in [-0.1, -0.05) is 0 Å². The maximum absolute atomic E-state index is 5.81. The Hall–Kier alpha value is -0.120. The number of piperidine rings is 2. The van der Waals surface area contributed by atoms with E-state index >= 15 is 0 Å². The molecule has 3 heteroatoms. The van der Waals surface area contributed by atoms with Crippen LogP contribution in [0.15, 0.2) is 0 Å². The smallest absolute Gasteiger partial charge is 0.0172 e. The molecule has 1 aliphatic carbocycles. The third-order valence-corrected chi connectivity index (χ3v) is 2.63. The van der Waals surface area contributed by atoms with Gasteiger partial charge in [0.25, 0.3) is 0 Å². The second-order valence-electron chi connectivity index (χ2n) is 3.29. The van der Waals surface area contributed by atoms with E-state index in [4.69, 9.17) is 11.6 Å². The van der Waals surface area contributed by atoms with Crippen LogP contribution in [0.1, 0.15) is 6.42 Å². The average Bonchev–Trinajstić information content (AvgIpc) is 1.87. The van der Waals surface area contributed by atoms with Crippen LogP contribution in [0.5, 0.6) is 0 Å². The molecule has 9 heavy (non-hydrogen) atoms. The Bertz CT molecular complexity index is 113.